The van der Waals surface area contributed by atoms with Crippen LogP contribution in [0.15, 0.2) is 146 Å². The number of nitro benzene ring substituents is 2. The van der Waals surface area contributed by atoms with Crippen LogP contribution in [-0.4, -0.2) is 105 Å². The van der Waals surface area contributed by atoms with Gasteiger partial charge in [0.05, 0.1) is 131 Å². The Balaban J connectivity index is 0.000000275. The fourth-order valence-corrected chi connectivity index (χ4v) is 7.99. The van der Waals surface area contributed by atoms with Crippen molar-refractivity contribution in [1.29, 1.82) is 26.3 Å². The second-order valence-electron chi connectivity index (χ2n) is 17.1. The number of nitrogens with one attached hydrogen (secondary N) is 2. The van der Waals surface area contributed by atoms with Crippen molar-refractivity contribution in [3.05, 3.63) is 220 Å². The molecule has 0 atom stereocenters. The quantitative estimate of drug-likeness (QED) is 0.0277. The zero-order valence-electron chi connectivity index (χ0n) is 46.7. The molecule has 31 heteroatoms. The molecule has 0 unspecified atom stereocenters. The van der Waals surface area contributed by atoms with Crippen molar-refractivity contribution in [2.75, 3.05) is 55.0 Å². The molecule has 0 aliphatic carbocycles. The molecule has 28 nitrogen and oxygen atoms in total. The Morgan fingerprint density at radius 3 is 1.44 bits per heavy atom. The number of primary amides is 1. The molecule has 0 spiro atoms. The number of hydrogen-bond acceptors (Lipinski definition) is 21. The number of rotatable bonds is 14. The fraction of sp³-hybridized carbons (Fsp3) is 0.119. The van der Waals surface area contributed by atoms with Crippen molar-refractivity contribution in [2.24, 2.45) is 5.73 Å². The first-order valence-electron chi connectivity index (χ1n) is 25.4. The lowest BCUT2D eigenvalue weighted by molar-refractivity contribution is -0.384. The number of hydrogen-bond donors (Lipinski definition) is 10. The minimum absolute atomic E-state index is 0.0131. The van der Waals surface area contributed by atoms with Gasteiger partial charge in [0.25, 0.3) is 11.4 Å². The molecule has 0 bridgehead atoms. The monoisotopic (exact) mass is 1280 g/mol. The molecule has 0 aliphatic rings. The number of nitrogens with two attached hydrogens (primary N) is 3. The minimum Gasteiger partial charge on any atom is -0.480 e. The number of imidazole rings is 2. The molecule has 2 aromatic heterocycles. The number of fused-ring (bicyclic) bond motifs is 2. The number of para-hydroxylation sites is 4. The lowest BCUT2D eigenvalue weighted by Crippen LogP contribution is -2.12. The molecule has 0 aliphatic heterocycles. The Kier molecular flexibility index (Phi) is 30.1. The van der Waals surface area contributed by atoms with E-state index in [0.29, 0.717) is 80.6 Å². The third kappa shape index (κ3) is 21.3. The number of carbonyl (C=O) groups excluding carboxylic acids is 1. The van der Waals surface area contributed by atoms with E-state index in [1.54, 1.807) is 83.7 Å². The highest BCUT2D eigenvalue weighted by molar-refractivity contribution is 6.36. The summed E-state index contributed by atoms with van der Waals surface area (Å²) in [4.78, 5) is 59.2. The number of halogens is 3. The van der Waals surface area contributed by atoms with Gasteiger partial charge in [-0.2, -0.15) is 26.3 Å². The first-order valence-corrected chi connectivity index (χ1v) is 26.5. The van der Waals surface area contributed by atoms with Crippen LogP contribution in [0.3, 0.4) is 0 Å². The van der Waals surface area contributed by atoms with Crippen LogP contribution in [0.4, 0.5) is 34.1 Å². The fourth-order valence-electron chi connectivity index (χ4n) is 7.26. The number of carboxylic acid groups (broad SMARTS) is 2. The van der Waals surface area contributed by atoms with E-state index in [-0.39, 0.29) is 53.2 Å². The van der Waals surface area contributed by atoms with Crippen LogP contribution in [0.25, 0.3) is 22.1 Å². The van der Waals surface area contributed by atoms with Crippen LogP contribution in [0, 0.1) is 76.9 Å². The number of amides is 1. The summed E-state index contributed by atoms with van der Waals surface area (Å²) in [7, 11) is 0. The van der Waals surface area contributed by atoms with Crippen molar-refractivity contribution < 1.29 is 49.8 Å². The maximum atomic E-state index is 10.7. The first kappa shape index (κ1) is 72.3. The molecule has 0 fully saturated rings. The Morgan fingerprint density at radius 2 is 0.967 bits per heavy atom. The number of aliphatic hydroxyl groups excluding tert-OH is 3. The number of carbonyl (C=O) groups is 3. The third-order valence-electron chi connectivity index (χ3n) is 11.3. The number of nitrogen functional groups attached to an aromatic ring is 2. The van der Waals surface area contributed by atoms with E-state index in [4.69, 9.17) is 104 Å². The Labute approximate surface area is 526 Å². The number of aliphatic hydroxyl groups is 3. The first-order chi connectivity index (χ1) is 43.1. The zero-order valence-corrected chi connectivity index (χ0v) is 49.0. The molecule has 0 saturated carbocycles. The van der Waals surface area contributed by atoms with Gasteiger partial charge in [0.15, 0.2) is 0 Å². The van der Waals surface area contributed by atoms with Gasteiger partial charge in [-0.15, -0.1) is 0 Å². The largest absolute Gasteiger partial charge is 0.480 e. The van der Waals surface area contributed by atoms with Crippen molar-refractivity contribution in [2.45, 2.75) is 13.1 Å². The van der Waals surface area contributed by atoms with E-state index in [1.807, 2.05) is 42.5 Å². The van der Waals surface area contributed by atoms with Gasteiger partial charge in [-0.1, -0.05) is 83.3 Å². The van der Waals surface area contributed by atoms with Gasteiger partial charge in [0, 0.05) is 31.8 Å². The van der Waals surface area contributed by atoms with Crippen LogP contribution in [-0.2, 0) is 17.9 Å². The van der Waals surface area contributed by atoms with Gasteiger partial charge in [0.2, 0.25) is 5.91 Å². The normalized spacial score (nSPS) is 9.57. The molecule has 9 aromatic rings. The Bertz CT molecular complexity index is 4090. The summed E-state index contributed by atoms with van der Waals surface area (Å²) in [5, 5.41) is 113. The number of aliphatic carboxylic acids is 1. The maximum absolute atomic E-state index is 10.7. The van der Waals surface area contributed by atoms with Crippen LogP contribution in [0.5, 0.6) is 0 Å². The van der Waals surface area contributed by atoms with Crippen LogP contribution >= 0.6 is 34.8 Å². The third-order valence-corrected chi connectivity index (χ3v) is 12.5. The summed E-state index contributed by atoms with van der Waals surface area (Å²) >= 11 is 16.7. The van der Waals surface area contributed by atoms with E-state index < -0.39 is 33.4 Å². The topological polar surface area (TPSA) is 495 Å². The highest BCUT2D eigenvalue weighted by atomic mass is 35.5. The molecule has 7 aromatic carbocycles. The van der Waals surface area contributed by atoms with Gasteiger partial charge >= 0.3 is 11.9 Å². The highest BCUT2D eigenvalue weighted by Crippen LogP contribution is 2.29. The zero-order chi connectivity index (χ0) is 66.9. The van der Waals surface area contributed by atoms with Crippen molar-refractivity contribution in [3.63, 3.8) is 0 Å². The number of aromatic nitrogens is 4. The predicted octanol–water partition coefficient (Wildman–Crippen LogP) is 8.49. The number of aromatic carboxylic acids is 1. The lowest BCUT2D eigenvalue weighted by Gasteiger charge is -2.08. The number of carboxylic acids is 2. The van der Waals surface area contributed by atoms with E-state index in [2.05, 4.69) is 32.7 Å². The van der Waals surface area contributed by atoms with Crippen LogP contribution < -0.4 is 27.8 Å². The summed E-state index contributed by atoms with van der Waals surface area (Å²) in [5.74, 6) is -3.02. The molecule has 0 radical (unpaired) electrons. The van der Waals surface area contributed by atoms with Gasteiger partial charge in [-0.3, -0.25) is 29.8 Å². The minimum atomic E-state index is -1.28. The SMILES string of the molecule is N#Cc1cccc(N)c1Cl.N#Cc1cccc(N)c1NCCO.N#Cc1cccc2ncn(CC(=O)O)c12.N#Cc1cccc2ncn(CCO)c12.N#Cc1ccccc1NCCO.NC(=O)c1cccc([N+](=O)[O-])c1Cl.O=C(O)c1cccc([N+](=O)[O-])c1Cl. The predicted molar refractivity (Wildman–Crippen MR) is 334 cm³/mol. The second-order valence-corrected chi connectivity index (χ2v) is 18.3. The van der Waals surface area contributed by atoms with Gasteiger partial charge in [-0.25, -0.2) is 14.8 Å². The average molecular weight is 1280 g/mol. The lowest BCUT2D eigenvalue weighted by atomic mass is 10.1. The molecule has 0 saturated heterocycles. The second kappa shape index (κ2) is 37.5. The van der Waals surface area contributed by atoms with Gasteiger partial charge in [0.1, 0.15) is 46.9 Å². The van der Waals surface area contributed by atoms with Crippen molar-refractivity contribution in [3.8, 4) is 30.3 Å². The molecule has 2 heterocycles. The van der Waals surface area contributed by atoms with E-state index in [0.717, 1.165) is 22.8 Å². The van der Waals surface area contributed by atoms with Crippen molar-refractivity contribution >= 4 is 109 Å². The summed E-state index contributed by atoms with van der Waals surface area (Å²) in [6.07, 6.45) is 3.07. The van der Waals surface area contributed by atoms with Gasteiger partial charge in [-0.05, 0) is 72.8 Å². The summed E-state index contributed by atoms with van der Waals surface area (Å²) in [6.45, 7) is 1.27. The molecule has 9 rings (SSSR count). The molecule has 460 valence electrons. The van der Waals surface area contributed by atoms with Crippen LogP contribution in [0.1, 0.15) is 48.5 Å². The summed E-state index contributed by atoms with van der Waals surface area (Å²) in [6, 6.07) is 45.4. The highest BCUT2D eigenvalue weighted by Gasteiger charge is 2.20. The smallest absolute Gasteiger partial charge is 0.337 e. The van der Waals surface area contributed by atoms with E-state index in [1.165, 1.54) is 41.2 Å². The number of benzene rings is 7. The number of nitriles is 5. The molecule has 90 heavy (non-hydrogen) atoms. The number of anilines is 4. The maximum Gasteiger partial charge on any atom is 0.337 e. The van der Waals surface area contributed by atoms with E-state index in [9.17, 15) is 34.6 Å². The summed E-state index contributed by atoms with van der Waals surface area (Å²) in [5.41, 5.74) is 22.6. The van der Waals surface area contributed by atoms with Gasteiger partial charge < -0.3 is 62.5 Å². The molecule has 13 N–H and O–H groups in total. The van der Waals surface area contributed by atoms with Crippen LogP contribution in [0.2, 0.25) is 15.1 Å². The average Bonchev–Trinajstić information content (AvgIpc) is 1.97. The molecular weight excluding hydrogens is 1230 g/mol. The number of nitrogens with zero attached hydrogens (tertiary/aromatic N) is 11. The van der Waals surface area contributed by atoms with Crippen molar-refractivity contribution in [1.82, 2.24) is 19.1 Å². The van der Waals surface area contributed by atoms with E-state index >= 15 is 0 Å². The molecular formula is C59H51Cl3N16O12. The summed E-state index contributed by atoms with van der Waals surface area (Å²) < 4.78 is 3.24. The Morgan fingerprint density at radius 1 is 0.533 bits per heavy atom. The Hall–Kier alpha value is -11.9. The molecule has 1 amide bonds. The number of nitro groups is 2. The standard InChI is InChI=1S/C10H7N3O2.C10H9N3O.C9H11N3O.C9H10N2O.C7H5ClN2O3.C7H5ClN2.C7H4ClNO4/c11-4-7-2-1-3-8-10(7)13(6-12-8)5-9(14)15;11-6-8-2-1-3-9-10(8)13(4-5-14)7-12-9;10-6-7-2-1-3-8(11)9(7)12-4-5-13;10-7-8-3-1-2-4-9(8)11-5-6-12;8-6-4(7(9)11)2-1-3-5(6)10(12)13;8-7-5(4-9)2-1-3-6(7)10;8-6-4(7(10)11)2-1-3-5(6)9(12)13/h1-3,6H,5H2,(H,14,15);1-3,7,14H,4-5H2;1-3,12-13H,4-5,11H2;1-4,11-12H,5-6H2;1-3H,(H2,9,11);1-3H,10H2;1-3H,(H,10,11).